The van der Waals surface area contributed by atoms with Gasteiger partial charge in [-0.3, -0.25) is 0 Å². The molecule has 0 radical (unpaired) electrons. The summed E-state index contributed by atoms with van der Waals surface area (Å²) in [5, 5.41) is 4.66. The molecule has 0 aromatic heterocycles. The van der Waals surface area contributed by atoms with Crippen molar-refractivity contribution in [1.29, 1.82) is 0 Å². The summed E-state index contributed by atoms with van der Waals surface area (Å²) in [4.78, 5) is 0. The second-order valence-electron chi connectivity index (χ2n) is 4.29. The zero-order valence-corrected chi connectivity index (χ0v) is 16.7. The largest absolute Gasteiger partial charge is 0.118 e. The molecule has 6 heteroatoms. The fourth-order valence-electron chi connectivity index (χ4n) is 1.42. The van der Waals surface area contributed by atoms with E-state index < -0.39 is 0 Å². The summed E-state index contributed by atoms with van der Waals surface area (Å²) in [6.07, 6.45) is 5.23. The summed E-state index contributed by atoms with van der Waals surface area (Å²) in [6.45, 7) is 4.52. The van der Waals surface area contributed by atoms with Crippen LogP contribution in [-0.4, -0.2) is 11.5 Å². The second kappa shape index (κ2) is 10.2. The Hall–Kier alpha value is 1.32. The predicted molar refractivity (Wildman–Crippen MR) is 108 cm³/mol. The van der Waals surface area contributed by atoms with Crippen LogP contribution in [0.5, 0.6) is 0 Å². The van der Waals surface area contributed by atoms with E-state index in [1.807, 2.05) is 70.6 Å². The van der Waals surface area contributed by atoms with Gasteiger partial charge in [-0.05, 0) is 35.2 Å². The van der Waals surface area contributed by atoms with E-state index in [4.69, 9.17) is 0 Å². The first-order chi connectivity index (χ1) is 9.83. The van der Waals surface area contributed by atoms with E-state index in [-0.39, 0.29) is 0 Å². The lowest BCUT2D eigenvalue weighted by atomic mass is 10.4. The normalized spacial score (nSPS) is 22.3. The Morgan fingerprint density at radius 3 is 1.65 bits per heavy atom. The summed E-state index contributed by atoms with van der Waals surface area (Å²) < 4.78 is 5.95. The first-order valence-corrected chi connectivity index (χ1v) is 12.3. The maximum atomic E-state index is 2.33. The van der Waals surface area contributed by atoms with Crippen LogP contribution in [0.1, 0.15) is 39.5 Å². The van der Waals surface area contributed by atoms with Crippen LogP contribution in [0, 0.1) is 0 Å². The van der Waals surface area contributed by atoms with Crippen LogP contribution in [0.3, 0.4) is 0 Å². The Balaban J connectivity index is 1.74. The van der Waals surface area contributed by atoms with E-state index in [9.17, 15) is 0 Å². The van der Waals surface area contributed by atoms with Crippen LogP contribution >= 0.6 is 70.6 Å². The van der Waals surface area contributed by atoms with Crippen molar-refractivity contribution in [3.63, 3.8) is 0 Å². The third kappa shape index (κ3) is 5.84. The number of unbranched alkanes of at least 4 members (excludes halogenated alkanes) is 2. The standard InChI is InChI=1S/C14H20S6/c1-3-5-7-15-11-9-17-13(19-11)14-18-10-12(20-14)16-8-6-4-2/h9-10H,3-8H2,1-2H3/b14-13-. The van der Waals surface area contributed by atoms with E-state index >= 15 is 0 Å². The number of hydrogen-bond acceptors (Lipinski definition) is 6. The molecule has 0 nitrogen and oxygen atoms in total. The van der Waals surface area contributed by atoms with Gasteiger partial charge in [0, 0.05) is 0 Å². The maximum absolute atomic E-state index is 2.33. The minimum absolute atomic E-state index is 1.26. The van der Waals surface area contributed by atoms with Gasteiger partial charge in [-0.15, -0.1) is 23.5 Å². The summed E-state index contributed by atoms with van der Waals surface area (Å²) in [7, 11) is 0. The van der Waals surface area contributed by atoms with Gasteiger partial charge in [0.25, 0.3) is 0 Å². The predicted octanol–water partition coefficient (Wildman–Crippen LogP) is 7.74. The van der Waals surface area contributed by atoms with Gasteiger partial charge in [0.05, 0.1) is 16.9 Å². The topological polar surface area (TPSA) is 0 Å². The summed E-state index contributed by atoms with van der Waals surface area (Å²) in [5.41, 5.74) is 0. The highest BCUT2D eigenvalue weighted by molar-refractivity contribution is 8.40. The Kier molecular flexibility index (Phi) is 8.98. The van der Waals surface area contributed by atoms with Crippen LogP contribution in [0.4, 0.5) is 0 Å². The van der Waals surface area contributed by atoms with Crippen LogP contribution in [0.25, 0.3) is 0 Å². The first-order valence-electron chi connectivity index (χ1n) is 6.92. The minimum Gasteiger partial charge on any atom is -0.118 e. The summed E-state index contributed by atoms with van der Waals surface area (Å²) >= 11 is 11.8. The van der Waals surface area contributed by atoms with Crippen molar-refractivity contribution in [3.05, 3.63) is 27.8 Å². The van der Waals surface area contributed by atoms with E-state index in [1.54, 1.807) is 0 Å². The van der Waals surface area contributed by atoms with E-state index in [0.29, 0.717) is 0 Å². The van der Waals surface area contributed by atoms with Gasteiger partial charge in [0.1, 0.15) is 0 Å². The summed E-state index contributed by atoms with van der Waals surface area (Å²) in [6, 6.07) is 0. The molecule has 2 heterocycles. The van der Waals surface area contributed by atoms with Crippen LogP contribution in [-0.2, 0) is 0 Å². The van der Waals surface area contributed by atoms with Crippen molar-refractivity contribution in [2.24, 2.45) is 0 Å². The molecular weight excluding hydrogens is 361 g/mol. The van der Waals surface area contributed by atoms with E-state index in [2.05, 4.69) is 24.7 Å². The molecule has 0 aromatic rings. The molecule has 0 amide bonds. The molecule has 0 fully saturated rings. The fraction of sp³-hybridized carbons (Fsp3) is 0.571. The highest BCUT2D eigenvalue weighted by Gasteiger charge is 2.22. The molecule has 0 N–H and O–H groups in total. The lowest BCUT2D eigenvalue weighted by molar-refractivity contribution is 0.897. The molecule has 0 aliphatic carbocycles. The molecule has 2 aliphatic heterocycles. The monoisotopic (exact) mass is 380 g/mol. The lowest BCUT2D eigenvalue weighted by Gasteiger charge is -2.03. The molecule has 2 aliphatic rings. The highest BCUT2D eigenvalue weighted by atomic mass is 32.2. The molecule has 0 spiro atoms. The smallest absolute Gasteiger partial charge is 0.0706 e. The molecule has 112 valence electrons. The van der Waals surface area contributed by atoms with Gasteiger partial charge in [-0.1, -0.05) is 73.7 Å². The zero-order chi connectivity index (χ0) is 14.2. The Bertz CT molecular complexity index is 372. The minimum atomic E-state index is 1.26. The van der Waals surface area contributed by atoms with Gasteiger partial charge in [-0.25, -0.2) is 0 Å². The Labute approximate surface area is 148 Å². The van der Waals surface area contributed by atoms with Crippen molar-refractivity contribution in [3.8, 4) is 0 Å². The number of thioether (sulfide) groups is 6. The van der Waals surface area contributed by atoms with Crippen LogP contribution in [0.2, 0.25) is 0 Å². The molecular formula is C14H20S6. The molecule has 20 heavy (non-hydrogen) atoms. The van der Waals surface area contributed by atoms with Crippen LogP contribution in [0.15, 0.2) is 27.8 Å². The average molecular weight is 381 g/mol. The molecule has 0 saturated carbocycles. The van der Waals surface area contributed by atoms with Gasteiger partial charge in [0.15, 0.2) is 0 Å². The third-order valence-electron chi connectivity index (χ3n) is 2.56. The van der Waals surface area contributed by atoms with Crippen molar-refractivity contribution >= 4 is 70.6 Å². The lowest BCUT2D eigenvalue weighted by Crippen LogP contribution is -1.76. The molecule has 0 atom stereocenters. The van der Waals surface area contributed by atoms with Gasteiger partial charge in [0.2, 0.25) is 0 Å². The second-order valence-corrected chi connectivity index (χ2v) is 11.5. The van der Waals surface area contributed by atoms with Crippen molar-refractivity contribution in [1.82, 2.24) is 0 Å². The molecule has 0 unspecified atom stereocenters. The van der Waals surface area contributed by atoms with Crippen molar-refractivity contribution in [2.45, 2.75) is 39.5 Å². The number of rotatable bonds is 8. The van der Waals surface area contributed by atoms with Crippen LogP contribution < -0.4 is 0 Å². The molecule has 0 aromatic carbocycles. The first kappa shape index (κ1) is 17.7. The van der Waals surface area contributed by atoms with E-state index in [1.165, 1.54) is 54.1 Å². The van der Waals surface area contributed by atoms with E-state index in [0.717, 1.165) is 0 Å². The highest BCUT2D eigenvalue weighted by Crippen LogP contribution is 2.58. The molecule has 2 rings (SSSR count). The van der Waals surface area contributed by atoms with Crippen molar-refractivity contribution < 1.29 is 0 Å². The molecule has 0 bridgehead atoms. The Morgan fingerprint density at radius 2 is 1.25 bits per heavy atom. The third-order valence-corrected chi connectivity index (χ3v) is 10.7. The fourth-order valence-corrected chi connectivity index (χ4v) is 9.41. The zero-order valence-electron chi connectivity index (χ0n) is 11.8. The quantitative estimate of drug-likeness (QED) is 0.392. The Morgan fingerprint density at radius 1 is 0.800 bits per heavy atom. The number of hydrogen-bond donors (Lipinski definition) is 0. The van der Waals surface area contributed by atoms with Gasteiger partial charge < -0.3 is 0 Å². The SMILES string of the molecule is CCCCSC1=CS/C(=C2\SC=C(SCCCC)S2)S1. The average Bonchev–Trinajstić information content (AvgIpc) is 3.08. The van der Waals surface area contributed by atoms with Crippen molar-refractivity contribution in [2.75, 3.05) is 11.5 Å². The molecule has 0 saturated heterocycles. The van der Waals surface area contributed by atoms with Gasteiger partial charge >= 0.3 is 0 Å². The van der Waals surface area contributed by atoms with Gasteiger partial charge in [-0.2, -0.15) is 0 Å². The summed E-state index contributed by atoms with van der Waals surface area (Å²) in [5.74, 6) is 2.52. The maximum Gasteiger partial charge on any atom is 0.0706 e.